The predicted octanol–water partition coefficient (Wildman–Crippen LogP) is 2.46. The smallest absolute Gasteiger partial charge is 0.234 e. The van der Waals surface area contributed by atoms with E-state index in [1.54, 1.807) is 18.2 Å². The summed E-state index contributed by atoms with van der Waals surface area (Å²) in [6.45, 7) is 0.0471. The number of ether oxygens (including phenoxy) is 3. The highest BCUT2D eigenvalue weighted by atomic mass is 32.2. The molecule has 0 aliphatic carbocycles. The van der Waals surface area contributed by atoms with Crippen LogP contribution in [-0.4, -0.2) is 40.8 Å². The first-order valence-electron chi connectivity index (χ1n) is 8.72. The normalized spacial score (nSPS) is 10.5. The summed E-state index contributed by atoms with van der Waals surface area (Å²) in [5, 5.41) is 11.0. The Balaban J connectivity index is 1.54. The van der Waals surface area contributed by atoms with E-state index in [0.29, 0.717) is 33.9 Å². The summed E-state index contributed by atoms with van der Waals surface area (Å²) in [6, 6.07) is 10.7. The molecule has 0 bridgehead atoms. The van der Waals surface area contributed by atoms with Gasteiger partial charge >= 0.3 is 0 Å². The van der Waals surface area contributed by atoms with Crippen molar-refractivity contribution >= 4 is 23.4 Å². The molecular formula is C19H20FN5O4S. The van der Waals surface area contributed by atoms with Gasteiger partial charge in [-0.3, -0.25) is 4.79 Å². The van der Waals surface area contributed by atoms with Crippen LogP contribution in [0.2, 0.25) is 0 Å². The number of rotatable bonds is 9. The number of amides is 1. The molecular weight excluding hydrogens is 413 g/mol. The molecule has 9 nitrogen and oxygen atoms in total. The molecule has 2 aromatic carbocycles. The molecule has 1 aromatic heterocycles. The van der Waals surface area contributed by atoms with Gasteiger partial charge in [0, 0.05) is 23.9 Å². The third-order valence-corrected chi connectivity index (χ3v) is 4.83. The van der Waals surface area contributed by atoms with Crippen molar-refractivity contribution in [3.8, 4) is 17.2 Å². The van der Waals surface area contributed by atoms with Crippen molar-refractivity contribution in [3.05, 3.63) is 54.1 Å². The molecule has 1 heterocycles. The minimum atomic E-state index is -0.353. The second-order valence-electron chi connectivity index (χ2n) is 5.95. The second kappa shape index (κ2) is 9.83. The van der Waals surface area contributed by atoms with Crippen LogP contribution in [0.25, 0.3) is 0 Å². The standard InChI is InChI=1S/C19H20FN5O4S/c1-27-15-7-13(8-16(9-15)28-2)22-18(26)11-30-19-24-23-17(25(19)21)10-29-14-5-3-12(20)4-6-14/h3-9H,10-11,21H2,1-2H3,(H,22,26). The summed E-state index contributed by atoms with van der Waals surface area (Å²) in [5.41, 5.74) is 0.541. The van der Waals surface area contributed by atoms with Crippen molar-refractivity contribution in [3.63, 3.8) is 0 Å². The Hall–Kier alpha value is -3.47. The fraction of sp³-hybridized carbons (Fsp3) is 0.211. The topological polar surface area (TPSA) is 114 Å². The maximum absolute atomic E-state index is 12.9. The molecule has 0 saturated carbocycles. The van der Waals surface area contributed by atoms with Crippen LogP contribution in [0.15, 0.2) is 47.6 Å². The Bertz CT molecular complexity index is 990. The van der Waals surface area contributed by atoms with Gasteiger partial charge in [-0.05, 0) is 24.3 Å². The minimum Gasteiger partial charge on any atom is -0.497 e. The van der Waals surface area contributed by atoms with Crippen LogP contribution in [0.1, 0.15) is 5.82 Å². The number of aromatic nitrogens is 3. The zero-order chi connectivity index (χ0) is 21.5. The molecule has 11 heteroatoms. The average molecular weight is 433 g/mol. The average Bonchev–Trinajstić information content (AvgIpc) is 3.11. The number of carbonyl (C=O) groups excluding carboxylic acids is 1. The minimum absolute atomic E-state index is 0.0471. The molecule has 3 N–H and O–H groups in total. The quantitative estimate of drug-likeness (QED) is 0.391. The van der Waals surface area contributed by atoms with Crippen LogP contribution in [-0.2, 0) is 11.4 Å². The van der Waals surface area contributed by atoms with Crippen molar-refractivity contribution in [2.24, 2.45) is 0 Å². The number of methoxy groups -OCH3 is 2. The van der Waals surface area contributed by atoms with E-state index in [1.165, 1.54) is 43.2 Å². The third kappa shape index (κ3) is 5.54. The zero-order valence-electron chi connectivity index (χ0n) is 16.3. The van der Waals surface area contributed by atoms with Crippen LogP contribution in [0.4, 0.5) is 10.1 Å². The molecule has 3 aromatic rings. The van der Waals surface area contributed by atoms with E-state index < -0.39 is 0 Å². The molecule has 0 radical (unpaired) electrons. The summed E-state index contributed by atoms with van der Waals surface area (Å²) in [7, 11) is 3.06. The van der Waals surface area contributed by atoms with Gasteiger partial charge in [0.15, 0.2) is 5.82 Å². The Kier molecular flexibility index (Phi) is 6.96. The lowest BCUT2D eigenvalue weighted by Crippen LogP contribution is -2.18. The summed E-state index contributed by atoms with van der Waals surface area (Å²) in [5.74, 6) is 7.38. The fourth-order valence-corrected chi connectivity index (χ4v) is 3.06. The number of anilines is 1. The summed E-state index contributed by atoms with van der Waals surface area (Å²) >= 11 is 1.12. The molecule has 158 valence electrons. The fourth-order valence-electron chi connectivity index (χ4n) is 2.39. The predicted molar refractivity (Wildman–Crippen MR) is 110 cm³/mol. The summed E-state index contributed by atoms with van der Waals surface area (Å²) < 4.78 is 30.0. The number of carbonyl (C=O) groups is 1. The molecule has 0 spiro atoms. The second-order valence-corrected chi connectivity index (χ2v) is 6.89. The van der Waals surface area contributed by atoms with Crippen molar-refractivity contribution < 1.29 is 23.4 Å². The van der Waals surface area contributed by atoms with Gasteiger partial charge in [-0.25, -0.2) is 9.07 Å². The van der Waals surface area contributed by atoms with Gasteiger partial charge in [0.1, 0.15) is 29.7 Å². The highest BCUT2D eigenvalue weighted by Gasteiger charge is 2.14. The number of hydrogen-bond acceptors (Lipinski definition) is 8. The number of hydrogen-bond donors (Lipinski definition) is 2. The monoisotopic (exact) mass is 433 g/mol. The summed E-state index contributed by atoms with van der Waals surface area (Å²) in [4.78, 5) is 12.3. The van der Waals surface area contributed by atoms with Crippen LogP contribution in [0.3, 0.4) is 0 Å². The van der Waals surface area contributed by atoms with E-state index >= 15 is 0 Å². The van der Waals surface area contributed by atoms with Gasteiger partial charge in [0.2, 0.25) is 11.1 Å². The molecule has 0 atom stereocenters. The van der Waals surface area contributed by atoms with Gasteiger partial charge in [-0.2, -0.15) is 0 Å². The van der Waals surface area contributed by atoms with E-state index in [4.69, 9.17) is 20.1 Å². The van der Waals surface area contributed by atoms with Gasteiger partial charge in [-0.15, -0.1) is 10.2 Å². The first-order chi connectivity index (χ1) is 14.5. The Labute approximate surface area is 176 Å². The first-order valence-corrected chi connectivity index (χ1v) is 9.70. The lowest BCUT2D eigenvalue weighted by molar-refractivity contribution is -0.113. The molecule has 0 saturated heterocycles. The number of nitrogens with zero attached hydrogens (tertiary/aromatic N) is 3. The first kappa shape index (κ1) is 21.2. The van der Waals surface area contributed by atoms with Crippen molar-refractivity contribution in [1.82, 2.24) is 14.9 Å². The summed E-state index contributed by atoms with van der Waals surface area (Å²) in [6.07, 6.45) is 0. The van der Waals surface area contributed by atoms with Crippen LogP contribution in [0.5, 0.6) is 17.2 Å². The number of thioether (sulfide) groups is 1. The highest BCUT2D eigenvalue weighted by Crippen LogP contribution is 2.26. The lowest BCUT2D eigenvalue weighted by atomic mass is 10.2. The molecule has 3 rings (SSSR count). The molecule has 0 fully saturated rings. The lowest BCUT2D eigenvalue weighted by Gasteiger charge is -2.10. The number of benzene rings is 2. The Morgan fingerprint density at radius 3 is 2.40 bits per heavy atom. The van der Waals surface area contributed by atoms with Crippen molar-refractivity contribution in [2.75, 3.05) is 31.1 Å². The van der Waals surface area contributed by atoms with E-state index in [1.807, 2.05) is 0 Å². The number of nitrogens with one attached hydrogen (secondary N) is 1. The van der Waals surface area contributed by atoms with Gasteiger partial charge in [-0.1, -0.05) is 11.8 Å². The van der Waals surface area contributed by atoms with Crippen LogP contribution < -0.4 is 25.4 Å². The van der Waals surface area contributed by atoms with Crippen LogP contribution >= 0.6 is 11.8 Å². The van der Waals surface area contributed by atoms with E-state index in [9.17, 15) is 9.18 Å². The zero-order valence-corrected chi connectivity index (χ0v) is 17.1. The highest BCUT2D eigenvalue weighted by molar-refractivity contribution is 7.99. The molecule has 0 aliphatic heterocycles. The Morgan fingerprint density at radius 2 is 1.77 bits per heavy atom. The van der Waals surface area contributed by atoms with Gasteiger partial charge in [0.05, 0.1) is 20.0 Å². The molecule has 0 aliphatic rings. The number of nitrogen functional groups attached to an aromatic ring is 1. The van der Waals surface area contributed by atoms with Crippen molar-refractivity contribution in [2.45, 2.75) is 11.8 Å². The largest absolute Gasteiger partial charge is 0.497 e. The third-order valence-electron chi connectivity index (χ3n) is 3.88. The van der Waals surface area contributed by atoms with Crippen LogP contribution in [0, 0.1) is 5.82 Å². The van der Waals surface area contributed by atoms with Gasteiger partial charge < -0.3 is 25.4 Å². The SMILES string of the molecule is COc1cc(NC(=O)CSc2nnc(COc3ccc(F)cc3)n2N)cc(OC)c1. The molecule has 1 amide bonds. The number of nitrogens with two attached hydrogens (primary N) is 1. The maximum atomic E-state index is 12.9. The maximum Gasteiger partial charge on any atom is 0.234 e. The number of halogens is 1. The van der Waals surface area contributed by atoms with E-state index in [0.717, 1.165) is 11.8 Å². The van der Waals surface area contributed by atoms with Crippen molar-refractivity contribution in [1.29, 1.82) is 0 Å². The Morgan fingerprint density at radius 1 is 1.10 bits per heavy atom. The van der Waals surface area contributed by atoms with Gasteiger partial charge in [0.25, 0.3) is 0 Å². The van der Waals surface area contributed by atoms with E-state index in [-0.39, 0.29) is 24.1 Å². The molecule has 30 heavy (non-hydrogen) atoms. The van der Waals surface area contributed by atoms with E-state index in [2.05, 4.69) is 15.5 Å². The molecule has 0 unspecified atom stereocenters.